The van der Waals surface area contributed by atoms with Gasteiger partial charge < -0.3 is 15.4 Å². The molecule has 0 aromatic heterocycles. The second-order valence-corrected chi connectivity index (χ2v) is 4.14. The molecule has 1 saturated heterocycles. The third-order valence-electron chi connectivity index (χ3n) is 2.91. The normalized spacial score (nSPS) is 19.4. The SMILES string of the molecule is COc1cc(N2CCC(N)C2)cc([N+](=O)[O-])c1. The van der Waals surface area contributed by atoms with Gasteiger partial charge in [-0.2, -0.15) is 0 Å². The van der Waals surface area contributed by atoms with Crippen molar-refractivity contribution in [2.24, 2.45) is 5.73 Å². The number of benzene rings is 1. The Kier molecular flexibility index (Phi) is 3.14. The van der Waals surface area contributed by atoms with E-state index < -0.39 is 4.92 Å². The Bertz CT molecular complexity index is 436. The number of ether oxygens (including phenoxy) is 1. The lowest BCUT2D eigenvalue weighted by Crippen LogP contribution is -2.26. The van der Waals surface area contributed by atoms with E-state index in [1.54, 1.807) is 12.1 Å². The number of nitro groups is 1. The van der Waals surface area contributed by atoms with Crippen LogP contribution in [-0.2, 0) is 0 Å². The van der Waals surface area contributed by atoms with Gasteiger partial charge in [0.05, 0.1) is 18.1 Å². The van der Waals surface area contributed by atoms with Crippen molar-refractivity contribution in [1.82, 2.24) is 0 Å². The molecule has 0 radical (unpaired) electrons. The van der Waals surface area contributed by atoms with Gasteiger partial charge in [0, 0.05) is 37.0 Å². The van der Waals surface area contributed by atoms with Gasteiger partial charge in [0.15, 0.2) is 0 Å². The number of hydrogen-bond donors (Lipinski definition) is 1. The van der Waals surface area contributed by atoms with Gasteiger partial charge in [-0.05, 0) is 6.42 Å². The maximum atomic E-state index is 10.8. The fraction of sp³-hybridized carbons (Fsp3) is 0.455. The fourth-order valence-corrected chi connectivity index (χ4v) is 2.00. The summed E-state index contributed by atoms with van der Waals surface area (Å²) in [7, 11) is 1.50. The van der Waals surface area contributed by atoms with Crippen molar-refractivity contribution < 1.29 is 9.66 Å². The second kappa shape index (κ2) is 4.58. The van der Waals surface area contributed by atoms with Crippen LogP contribution in [0.3, 0.4) is 0 Å². The van der Waals surface area contributed by atoms with Crippen molar-refractivity contribution in [1.29, 1.82) is 0 Å². The van der Waals surface area contributed by atoms with Crippen LogP contribution >= 0.6 is 0 Å². The summed E-state index contributed by atoms with van der Waals surface area (Å²) in [5.41, 5.74) is 6.66. The third-order valence-corrected chi connectivity index (χ3v) is 2.91. The van der Waals surface area contributed by atoms with Gasteiger partial charge in [-0.3, -0.25) is 10.1 Å². The lowest BCUT2D eigenvalue weighted by atomic mass is 10.2. The predicted octanol–water partition coefficient (Wildman–Crippen LogP) is 1.14. The quantitative estimate of drug-likeness (QED) is 0.629. The monoisotopic (exact) mass is 237 g/mol. The molecule has 1 aromatic rings. The number of anilines is 1. The first kappa shape index (κ1) is 11.7. The van der Waals surface area contributed by atoms with Crippen molar-refractivity contribution in [3.8, 4) is 5.75 Å². The zero-order chi connectivity index (χ0) is 12.4. The summed E-state index contributed by atoms with van der Waals surface area (Å²) in [6.07, 6.45) is 0.908. The summed E-state index contributed by atoms with van der Waals surface area (Å²) in [5, 5.41) is 10.8. The topological polar surface area (TPSA) is 81.6 Å². The molecule has 0 bridgehead atoms. The van der Waals surface area contributed by atoms with Crippen LogP contribution in [0.15, 0.2) is 18.2 Å². The van der Waals surface area contributed by atoms with Crippen LogP contribution in [0.1, 0.15) is 6.42 Å². The molecule has 0 spiro atoms. The molecule has 1 aromatic carbocycles. The van der Waals surface area contributed by atoms with E-state index in [-0.39, 0.29) is 11.7 Å². The fourth-order valence-electron chi connectivity index (χ4n) is 2.00. The van der Waals surface area contributed by atoms with E-state index in [0.717, 1.165) is 25.2 Å². The Labute approximate surface area is 99.1 Å². The molecule has 1 atom stereocenters. The van der Waals surface area contributed by atoms with Crippen LogP contribution in [0.2, 0.25) is 0 Å². The smallest absolute Gasteiger partial charge is 0.275 e. The maximum Gasteiger partial charge on any atom is 0.275 e. The average Bonchev–Trinajstić information content (AvgIpc) is 2.75. The highest BCUT2D eigenvalue weighted by molar-refractivity contribution is 5.58. The first-order valence-electron chi connectivity index (χ1n) is 5.44. The van der Waals surface area contributed by atoms with Crippen molar-refractivity contribution in [2.75, 3.05) is 25.1 Å². The number of non-ortho nitro benzene ring substituents is 1. The second-order valence-electron chi connectivity index (χ2n) is 4.14. The van der Waals surface area contributed by atoms with E-state index >= 15 is 0 Å². The molecular formula is C11H15N3O3. The Balaban J connectivity index is 2.32. The van der Waals surface area contributed by atoms with Gasteiger partial charge in [0.2, 0.25) is 0 Å². The van der Waals surface area contributed by atoms with Crippen molar-refractivity contribution in [3.63, 3.8) is 0 Å². The highest BCUT2D eigenvalue weighted by Gasteiger charge is 2.21. The Morgan fingerprint density at radius 1 is 1.53 bits per heavy atom. The number of hydrogen-bond acceptors (Lipinski definition) is 5. The molecule has 0 amide bonds. The molecule has 1 unspecified atom stereocenters. The Hall–Kier alpha value is -1.82. The maximum absolute atomic E-state index is 10.8. The molecule has 2 rings (SSSR count). The molecule has 92 valence electrons. The average molecular weight is 237 g/mol. The lowest BCUT2D eigenvalue weighted by molar-refractivity contribution is -0.384. The van der Waals surface area contributed by atoms with E-state index in [1.165, 1.54) is 13.2 Å². The zero-order valence-electron chi connectivity index (χ0n) is 9.63. The van der Waals surface area contributed by atoms with Crippen LogP contribution in [0, 0.1) is 10.1 Å². The molecule has 1 aliphatic rings. The highest BCUT2D eigenvalue weighted by atomic mass is 16.6. The third kappa shape index (κ3) is 2.47. The highest BCUT2D eigenvalue weighted by Crippen LogP contribution is 2.29. The minimum Gasteiger partial charge on any atom is -0.496 e. The minimum atomic E-state index is -0.415. The molecule has 2 N–H and O–H groups in total. The summed E-state index contributed by atoms with van der Waals surface area (Å²) in [6, 6.07) is 4.91. The number of methoxy groups -OCH3 is 1. The molecular weight excluding hydrogens is 222 g/mol. The Morgan fingerprint density at radius 3 is 2.82 bits per heavy atom. The van der Waals surface area contributed by atoms with E-state index in [2.05, 4.69) is 0 Å². The summed E-state index contributed by atoms with van der Waals surface area (Å²) < 4.78 is 5.07. The van der Waals surface area contributed by atoms with Crippen LogP contribution in [0.25, 0.3) is 0 Å². The molecule has 17 heavy (non-hydrogen) atoms. The number of rotatable bonds is 3. The number of nitrogens with zero attached hydrogens (tertiary/aromatic N) is 2. The molecule has 0 saturated carbocycles. The zero-order valence-corrected chi connectivity index (χ0v) is 9.63. The summed E-state index contributed by atoms with van der Waals surface area (Å²) in [4.78, 5) is 12.4. The molecule has 1 aliphatic heterocycles. The van der Waals surface area contributed by atoms with Gasteiger partial charge in [-0.25, -0.2) is 0 Å². The van der Waals surface area contributed by atoms with Gasteiger partial charge in [-0.1, -0.05) is 0 Å². The minimum absolute atomic E-state index is 0.0415. The largest absolute Gasteiger partial charge is 0.496 e. The van der Waals surface area contributed by atoms with Crippen molar-refractivity contribution in [3.05, 3.63) is 28.3 Å². The summed E-state index contributed by atoms with van der Waals surface area (Å²) in [5.74, 6) is 0.495. The Morgan fingerprint density at radius 2 is 2.29 bits per heavy atom. The molecule has 1 heterocycles. The lowest BCUT2D eigenvalue weighted by Gasteiger charge is -2.18. The van der Waals surface area contributed by atoms with Gasteiger partial charge in [0.25, 0.3) is 5.69 Å². The first-order valence-corrected chi connectivity index (χ1v) is 5.44. The van der Waals surface area contributed by atoms with E-state index in [1.807, 2.05) is 4.90 Å². The van der Waals surface area contributed by atoms with E-state index in [4.69, 9.17) is 10.5 Å². The van der Waals surface area contributed by atoms with Gasteiger partial charge >= 0.3 is 0 Å². The van der Waals surface area contributed by atoms with Crippen molar-refractivity contribution >= 4 is 11.4 Å². The number of nitrogens with two attached hydrogens (primary N) is 1. The van der Waals surface area contributed by atoms with E-state index in [0.29, 0.717) is 5.75 Å². The van der Waals surface area contributed by atoms with Crippen LogP contribution in [0.5, 0.6) is 5.75 Å². The molecule has 1 fully saturated rings. The van der Waals surface area contributed by atoms with Crippen LogP contribution in [-0.4, -0.2) is 31.2 Å². The van der Waals surface area contributed by atoms with Crippen LogP contribution < -0.4 is 15.4 Å². The summed E-state index contributed by atoms with van der Waals surface area (Å²) >= 11 is 0. The molecule has 6 heteroatoms. The van der Waals surface area contributed by atoms with Crippen molar-refractivity contribution in [2.45, 2.75) is 12.5 Å². The van der Waals surface area contributed by atoms with Crippen LogP contribution in [0.4, 0.5) is 11.4 Å². The summed E-state index contributed by atoms with van der Waals surface area (Å²) in [6.45, 7) is 1.55. The van der Waals surface area contributed by atoms with Gasteiger partial charge in [0.1, 0.15) is 5.75 Å². The van der Waals surface area contributed by atoms with E-state index in [9.17, 15) is 10.1 Å². The molecule has 6 nitrogen and oxygen atoms in total. The first-order chi connectivity index (χ1) is 8.10. The molecule has 0 aliphatic carbocycles. The van der Waals surface area contributed by atoms with Gasteiger partial charge in [-0.15, -0.1) is 0 Å². The number of nitro benzene ring substituents is 1. The standard InChI is InChI=1S/C11H15N3O3/c1-17-11-5-9(4-10(6-11)14(15)16)13-3-2-8(12)7-13/h4-6,8H,2-3,7,12H2,1H3. The predicted molar refractivity (Wildman–Crippen MR) is 64.5 cm³/mol.